The van der Waals surface area contributed by atoms with Crippen LogP contribution in [0.2, 0.25) is 0 Å². The number of hydrogen-bond acceptors (Lipinski definition) is 14. The van der Waals surface area contributed by atoms with Crippen LogP contribution in [0.25, 0.3) is 0 Å². The smallest absolute Gasteiger partial charge is 0.463 e. The van der Waals surface area contributed by atoms with Crippen molar-refractivity contribution in [1.29, 1.82) is 0 Å². The number of ether oxygens (including phenoxy) is 3. The number of carbonyl (C=O) groups is 3. The Labute approximate surface area is 611 Å². The molecule has 0 bridgehead atoms. The Bertz CT molecular complexity index is 2570. The fourth-order valence-electron chi connectivity index (χ4n) is 9.41. The number of carbonyl (C=O) groups excluding carboxylic acids is 3. The molecule has 0 saturated carbocycles. The largest absolute Gasteiger partial charge is 0.472 e. The van der Waals surface area contributed by atoms with Crippen LogP contribution in [-0.4, -0.2) is 95.9 Å². The molecule has 0 saturated heterocycles. The maximum Gasteiger partial charge on any atom is 0.472 e. The summed E-state index contributed by atoms with van der Waals surface area (Å²) in [6.45, 7) is 2.25. The van der Waals surface area contributed by atoms with Gasteiger partial charge in [-0.05, 0) is 154 Å². The van der Waals surface area contributed by atoms with Gasteiger partial charge in [-0.15, -0.1) is 0 Å². The molecule has 5 atom stereocenters. The Morgan fingerprint density at radius 2 is 0.495 bits per heavy atom. The molecule has 5 unspecified atom stereocenters. The maximum atomic E-state index is 13.0. The van der Waals surface area contributed by atoms with E-state index in [2.05, 4.69) is 203 Å². The average Bonchev–Trinajstić information content (AvgIpc) is 1.19. The molecule has 0 fully saturated rings. The minimum atomic E-state index is -4.95. The van der Waals surface area contributed by atoms with Gasteiger partial charge in [-0.1, -0.05) is 274 Å². The number of phosphoric ester groups is 2. The molecule has 0 spiro atoms. The predicted molar refractivity (Wildman–Crippen MR) is 417 cm³/mol. The maximum absolute atomic E-state index is 13.0. The average molecular weight is 1450 g/mol. The van der Waals surface area contributed by atoms with Gasteiger partial charge in [0, 0.05) is 19.3 Å². The minimum Gasteiger partial charge on any atom is -0.463 e. The molecule has 0 heterocycles. The topological polar surface area (TPSA) is 231 Å². The number of phosphoric acid groups is 2. The first kappa shape index (κ1) is 95.6. The van der Waals surface area contributed by atoms with Crippen molar-refractivity contribution in [2.24, 2.45) is 0 Å². The fraction of sp³-hybridized carbons (Fsp3) is 0.602. The fourth-order valence-corrected chi connectivity index (χ4v) is 11.0. The van der Waals surface area contributed by atoms with E-state index >= 15 is 0 Å². The normalized spacial score (nSPS) is 15.0. The minimum absolute atomic E-state index is 0.0740. The molecule has 0 aromatic carbocycles. The van der Waals surface area contributed by atoms with E-state index in [1.165, 1.54) is 0 Å². The lowest BCUT2D eigenvalue weighted by atomic mass is 10.1. The summed E-state index contributed by atoms with van der Waals surface area (Å²) in [5.41, 5.74) is 0. The van der Waals surface area contributed by atoms with Gasteiger partial charge in [0.2, 0.25) is 0 Å². The Balaban J connectivity index is 4.68. The van der Waals surface area contributed by atoms with Crippen LogP contribution in [0, 0.1) is 0 Å². The van der Waals surface area contributed by atoms with Gasteiger partial charge in [-0.3, -0.25) is 32.5 Å². The molecule has 18 heteroatoms. The van der Waals surface area contributed by atoms with Crippen LogP contribution in [-0.2, 0) is 55.8 Å². The second kappa shape index (κ2) is 74.4. The van der Waals surface area contributed by atoms with Gasteiger partial charge < -0.3 is 34.2 Å². The lowest BCUT2D eigenvalue weighted by Crippen LogP contribution is -2.30. The highest BCUT2D eigenvalue weighted by Gasteiger charge is 2.29. The van der Waals surface area contributed by atoms with E-state index in [4.69, 9.17) is 32.3 Å². The van der Waals surface area contributed by atoms with E-state index < -0.39 is 91.5 Å². The third kappa shape index (κ3) is 75.6. The number of hydrogen-bond donors (Lipinski definition) is 4. The quantitative estimate of drug-likeness (QED) is 0.0146. The van der Waals surface area contributed by atoms with Gasteiger partial charge in [-0.2, -0.15) is 0 Å². The molecule has 4 N–H and O–H groups in total. The van der Waals surface area contributed by atoms with Crippen LogP contribution >= 0.6 is 15.6 Å². The second-order valence-electron chi connectivity index (χ2n) is 24.7. The number of unbranched alkanes of at least 4 members (excludes halogenated alkanes) is 17. The van der Waals surface area contributed by atoms with Gasteiger partial charge in [0.15, 0.2) is 6.10 Å². The van der Waals surface area contributed by atoms with Crippen molar-refractivity contribution in [3.63, 3.8) is 0 Å². The molecule has 0 aliphatic rings. The van der Waals surface area contributed by atoms with Gasteiger partial charge >= 0.3 is 33.6 Å². The molecule has 16 nitrogen and oxygen atoms in total. The van der Waals surface area contributed by atoms with Crippen LogP contribution in [0.4, 0.5) is 0 Å². The summed E-state index contributed by atoms with van der Waals surface area (Å²) in [5.74, 6) is -1.64. The van der Waals surface area contributed by atoms with E-state index in [1.807, 2.05) is 0 Å². The van der Waals surface area contributed by atoms with Crippen molar-refractivity contribution in [2.75, 3.05) is 39.6 Å². The zero-order valence-corrected chi connectivity index (χ0v) is 64.0. The monoisotopic (exact) mass is 1450 g/mol. The van der Waals surface area contributed by atoms with Crippen molar-refractivity contribution in [3.8, 4) is 0 Å². The van der Waals surface area contributed by atoms with E-state index in [0.29, 0.717) is 19.3 Å². The molecular formula is C83H134O16P2. The van der Waals surface area contributed by atoms with E-state index in [-0.39, 0.29) is 19.3 Å². The predicted octanol–water partition coefficient (Wildman–Crippen LogP) is 22.2. The van der Waals surface area contributed by atoms with Gasteiger partial charge in [0.25, 0.3) is 0 Å². The SMILES string of the molecule is CC/C=C\C/C=C\C/C=C\C/C=C\C/C=C\C/C=C\CCCCCCCCC(=O)OCC(O)COP(=O)(O)OCC(O)COP(=O)(O)OCC(COC(=O)CCCCCCCC/C=C\C/C=C\C/C=C\C/C=C\C/C=C\C/C=C\CC)OC(=O)CCCCCCC/C=C\C/C=C\C/C=C\CC. The first-order chi connectivity index (χ1) is 49.2. The van der Waals surface area contributed by atoms with Crippen LogP contribution in [0.5, 0.6) is 0 Å². The summed E-state index contributed by atoms with van der Waals surface area (Å²) < 4.78 is 61.1. The van der Waals surface area contributed by atoms with Crippen molar-refractivity contribution in [1.82, 2.24) is 0 Å². The number of allylic oxidation sites excluding steroid dienone is 30. The Hall–Kier alpha value is -5.35. The molecule has 0 aliphatic carbocycles. The Morgan fingerprint density at radius 1 is 0.277 bits per heavy atom. The number of aliphatic hydroxyl groups is 2. The number of aliphatic hydroxyl groups excluding tert-OH is 2. The second-order valence-corrected chi connectivity index (χ2v) is 27.6. The highest BCUT2D eigenvalue weighted by Crippen LogP contribution is 2.45. The van der Waals surface area contributed by atoms with Gasteiger partial charge in [0.05, 0.1) is 26.4 Å². The third-order valence-corrected chi connectivity index (χ3v) is 17.0. The third-order valence-electron chi connectivity index (χ3n) is 15.1. The zero-order valence-electron chi connectivity index (χ0n) is 62.2. The summed E-state index contributed by atoms with van der Waals surface area (Å²) in [5, 5.41) is 20.6. The standard InChI is InChI=1S/C83H134O16P2/c1-4-7-10-13-16-19-22-25-28-30-32-34-36-38-40-42-44-46-49-51-54-57-60-63-66-69-81(86)93-72-78(84)73-95-100(89,90)96-74-79(85)75-97-101(91,92)98-77-80(99-83(88)71-68-65-62-59-56-53-48-27-24-21-18-15-12-9-6-3)76-94-82(87)70-67-64-61-58-55-52-50-47-45-43-41-39-37-35-33-31-29-26-23-20-17-14-11-8-5-2/h7-12,16-21,25-29,32-35,38-41,44-48,78-80,84-85H,4-6,13-15,22-24,30-31,36-37,42-43,49-77H2,1-3H3,(H,89,90)(H,91,92)/b10-7-,11-8-,12-9-,19-16-,20-17-,21-18-,28-25-,29-26-,34-32-,35-33-,40-38-,41-39-,46-44-,47-45-,48-27-. The zero-order chi connectivity index (χ0) is 73.7. The molecule has 0 radical (unpaired) electrons. The molecule has 0 aromatic rings. The molecular weight excluding hydrogens is 1310 g/mol. The van der Waals surface area contributed by atoms with E-state index in [0.717, 1.165) is 205 Å². The number of esters is 3. The van der Waals surface area contributed by atoms with Gasteiger partial charge in [0.1, 0.15) is 25.4 Å². The van der Waals surface area contributed by atoms with E-state index in [1.54, 1.807) is 0 Å². The van der Waals surface area contributed by atoms with Crippen LogP contribution in [0.1, 0.15) is 265 Å². The van der Waals surface area contributed by atoms with Crippen LogP contribution in [0.15, 0.2) is 182 Å². The first-order valence-electron chi connectivity index (χ1n) is 38.1. The number of rotatable bonds is 70. The molecule has 0 amide bonds. The lowest BCUT2D eigenvalue weighted by Gasteiger charge is -2.21. The summed E-state index contributed by atoms with van der Waals surface area (Å²) >= 11 is 0. The summed E-state index contributed by atoms with van der Waals surface area (Å²) in [6.07, 6.45) is 95.0. The van der Waals surface area contributed by atoms with Crippen molar-refractivity contribution >= 4 is 33.6 Å². The summed E-state index contributed by atoms with van der Waals surface area (Å²) in [7, 11) is -9.82. The van der Waals surface area contributed by atoms with Crippen molar-refractivity contribution in [2.45, 2.75) is 283 Å². The Kier molecular flexibility index (Phi) is 70.4. The van der Waals surface area contributed by atoms with Crippen LogP contribution < -0.4 is 0 Å². The first-order valence-corrected chi connectivity index (χ1v) is 41.1. The molecule has 0 aliphatic heterocycles. The van der Waals surface area contributed by atoms with E-state index in [9.17, 15) is 43.5 Å². The summed E-state index contributed by atoms with van der Waals surface area (Å²) in [6, 6.07) is 0. The van der Waals surface area contributed by atoms with Crippen molar-refractivity contribution in [3.05, 3.63) is 182 Å². The molecule has 0 rings (SSSR count). The lowest BCUT2D eigenvalue weighted by molar-refractivity contribution is -0.161. The van der Waals surface area contributed by atoms with Crippen molar-refractivity contribution < 1.29 is 75.8 Å². The van der Waals surface area contributed by atoms with Crippen LogP contribution in [0.3, 0.4) is 0 Å². The van der Waals surface area contributed by atoms with Gasteiger partial charge in [-0.25, -0.2) is 9.13 Å². The highest BCUT2D eigenvalue weighted by atomic mass is 31.2. The highest BCUT2D eigenvalue weighted by molar-refractivity contribution is 7.47. The molecule has 101 heavy (non-hydrogen) atoms. The summed E-state index contributed by atoms with van der Waals surface area (Å²) in [4.78, 5) is 58.6. The Morgan fingerprint density at radius 3 is 0.782 bits per heavy atom. The molecule has 572 valence electrons. The molecule has 0 aromatic heterocycles.